The molecule has 0 amide bonds. The summed E-state index contributed by atoms with van der Waals surface area (Å²) in [4.78, 5) is 33.1. The molecule has 0 spiro atoms. The summed E-state index contributed by atoms with van der Waals surface area (Å²) in [5.74, 6) is 0.441. The lowest BCUT2D eigenvalue weighted by Gasteiger charge is -2.52. The molecule has 3 heterocycles. The van der Waals surface area contributed by atoms with E-state index in [1.165, 1.54) is 45.1 Å². The lowest BCUT2D eigenvalue weighted by Crippen LogP contribution is -2.58. The molecule has 0 bridgehead atoms. The molecule has 6 rings (SSSR count). The number of nitrogens with one attached hydrogen (secondary N) is 1. The molecule has 1 aromatic heterocycles. The van der Waals surface area contributed by atoms with Crippen LogP contribution in [0.5, 0.6) is 23.0 Å². The minimum atomic E-state index is -0.670. The van der Waals surface area contributed by atoms with Gasteiger partial charge in [0, 0.05) is 42.9 Å². The second kappa shape index (κ2) is 13.2. The zero-order valence-corrected chi connectivity index (χ0v) is 26.7. The minimum absolute atomic E-state index is 0. The fraction of sp³-hybridized carbons (Fsp3) is 0.515. The molecule has 0 radical (unpaired) electrons. The summed E-state index contributed by atoms with van der Waals surface area (Å²) in [5, 5.41) is 1.21. The van der Waals surface area contributed by atoms with E-state index < -0.39 is 24.1 Å². The van der Waals surface area contributed by atoms with Crippen molar-refractivity contribution in [3.8, 4) is 23.0 Å². The van der Waals surface area contributed by atoms with E-state index in [-0.39, 0.29) is 35.6 Å². The first-order valence-electron chi connectivity index (χ1n) is 14.9. The van der Waals surface area contributed by atoms with Crippen molar-refractivity contribution in [2.45, 2.75) is 37.5 Å². The van der Waals surface area contributed by atoms with Gasteiger partial charge in [-0.3, -0.25) is 9.69 Å². The number of aromatic nitrogens is 1. The van der Waals surface area contributed by atoms with Crippen molar-refractivity contribution in [1.29, 1.82) is 0 Å². The number of rotatable bonds is 8. The highest BCUT2D eigenvalue weighted by atomic mass is 16.6. The molecular weight excluding hydrogens is 582 g/mol. The van der Waals surface area contributed by atoms with Gasteiger partial charge in [0.15, 0.2) is 11.5 Å². The van der Waals surface area contributed by atoms with E-state index in [1.54, 1.807) is 26.4 Å². The van der Waals surface area contributed by atoms with Gasteiger partial charge in [-0.2, -0.15) is 0 Å². The highest BCUT2D eigenvalue weighted by Crippen LogP contribution is 2.51. The fourth-order valence-electron chi connectivity index (χ4n) is 7.76. The Hall–Kier alpha value is -4.00. The van der Waals surface area contributed by atoms with Crippen LogP contribution in [0.3, 0.4) is 0 Å². The van der Waals surface area contributed by atoms with Crippen molar-refractivity contribution < 1.29 is 42.7 Å². The Balaban J connectivity index is 0.00000400. The smallest absolute Gasteiger partial charge is 0.338 e. The lowest BCUT2D eigenvalue weighted by molar-refractivity contribution is -0.176. The molecule has 2 fully saturated rings. The van der Waals surface area contributed by atoms with Crippen LogP contribution in [0.1, 0.15) is 40.5 Å². The highest BCUT2D eigenvalue weighted by Gasteiger charge is 2.54. The summed E-state index contributed by atoms with van der Waals surface area (Å²) in [7, 11) is 9.10. The summed E-state index contributed by atoms with van der Waals surface area (Å²) in [6.07, 6.45) is 0.920. The maximum absolute atomic E-state index is 13.5. The summed E-state index contributed by atoms with van der Waals surface area (Å²) in [6, 6.07) is 9.40. The molecule has 2 aliphatic heterocycles. The number of H-pyrrole nitrogens is 1. The van der Waals surface area contributed by atoms with Gasteiger partial charge in [0.05, 0.1) is 53.1 Å². The first-order chi connectivity index (χ1) is 21.3. The van der Waals surface area contributed by atoms with E-state index in [9.17, 15) is 9.59 Å². The molecule has 3 aromatic rings. The summed E-state index contributed by atoms with van der Waals surface area (Å²) < 4.78 is 39.1. The highest BCUT2D eigenvalue weighted by molar-refractivity contribution is 5.91. The minimum Gasteiger partial charge on any atom is -0.497 e. The number of hydrogen-bond donors (Lipinski definition) is 2. The molecular formula is C33H43N3O9. The van der Waals surface area contributed by atoms with Crippen LogP contribution >= 0.6 is 0 Å². The third-order valence-electron chi connectivity index (χ3n) is 9.76. The molecule has 2 aromatic carbocycles. The zero-order chi connectivity index (χ0) is 31.1. The van der Waals surface area contributed by atoms with E-state index in [0.29, 0.717) is 23.7 Å². The summed E-state index contributed by atoms with van der Waals surface area (Å²) >= 11 is 0. The normalized spacial score (nSPS) is 25.6. The van der Waals surface area contributed by atoms with Crippen molar-refractivity contribution in [3.05, 3.63) is 47.2 Å². The predicted molar refractivity (Wildman–Crippen MR) is 166 cm³/mol. The average Bonchev–Trinajstić information content (AvgIpc) is 3.43. The Morgan fingerprint density at radius 3 is 2.27 bits per heavy atom. The van der Waals surface area contributed by atoms with Gasteiger partial charge < -0.3 is 44.3 Å². The van der Waals surface area contributed by atoms with Crippen LogP contribution in [0.25, 0.3) is 10.9 Å². The standard InChI is InChI=1S/C33H40N2O9.H3N/c1-38-19-7-8-20-21-9-10-35-16-18-13-27(44-32(36)17-11-25(39-2)30(41-4)26(12-17)40-3)31(42-5)28(33(37)43-6)22(18)15-24(35)29(21)34-23(20)14-19;/h7-8,11-12,14,18,22,24,27-28,31,34H,9-10,13,15-16H2,1-6H3;1H3/t18-,22+,24-,27-,28+,31+;/m1./s1. The zero-order valence-electron chi connectivity index (χ0n) is 26.7. The Morgan fingerprint density at radius 1 is 0.911 bits per heavy atom. The monoisotopic (exact) mass is 625 g/mol. The maximum atomic E-state index is 13.5. The van der Waals surface area contributed by atoms with Crippen LogP contribution in [0.15, 0.2) is 30.3 Å². The number of ether oxygens (including phenoxy) is 7. The second-order valence-corrected chi connectivity index (χ2v) is 11.7. The molecule has 1 aliphatic carbocycles. The Morgan fingerprint density at radius 2 is 1.64 bits per heavy atom. The van der Waals surface area contributed by atoms with Crippen LogP contribution in [-0.2, 0) is 25.4 Å². The number of methoxy groups -OCH3 is 6. The average molecular weight is 626 g/mol. The van der Waals surface area contributed by atoms with Gasteiger partial charge in [0.1, 0.15) is 18.0 Å². The molecule has 1 saturated carbocycles. The van der Waals surface area contributed by atoms with Crippen LogP contribution in [0.4, 0.5) is 0 Å². The molecule has 12 nitrogen and oxygen atoms in total. The van der Waals surface area contributed by atoms with Gasteiger partial charge in [-0.25, -0.2) is 4.79 Å². The summed E-state index contributed by atoms with van der Waals surface area (Å²) in [5.41, 5.74) is 3.83. The van der Waals surface area contributed by atoms with Crippen LogP contribution in [-0.4, -0.2) is 89.8 Å². The van der Waals surface area contributed by atoms with Crippen molar-refractivity contribution in [1.82, 2.24) is 16.0 Å². The molecule has 4 N–H and O–H groups in total. The number of esters is 2. The molecule has 12 heteroatoms. The lowest BCUT2D eigenvalue weighted by atomic mass is 9.63. The number of hydrogen-bond acceptors (Lipinski definition) is 11. The van der Waals surface area contributed by atoms with Crippen LogP contribution < -0.4 is 25.1 Å². The number of aromatic amines is 1. The molecule has 3 aliphatic rings. The molecule has 45 heavy (non-hydrogen) atoms. The Bertz CT molecular complexity index is 1530. The van der Waals surface area contributed by atoms with Crippen LogP contribution in [0, 0.1) is 17.8 Å². The first kappa shape index (κ1) is 32.4. The van der Waals surface area contributed by atoms with E-state index in [1.807, 2.05) is 12.1 Å². The van der Waals surface area contributed by atoms with E-state index in [0.717, 1.165) is 37.2 Å². The van der Waals surface area contributed by atoms with E-state index in [4.69, 9.17) is 33.2 Å². The van der Waals surface area contributed by atoms with Gasteiger partial charge in [-0.05, 0) is 60.9 Å². The van der Waals surface area contributed by atoms with Crippen molar-refractivity contribution in [2.75, 3.05) is 55.7 Å². The fourth-order valence-corrected chi connectivity index (χ4v) is 7.76. The van der Waals surface area contributed by atoms with E-state index >= 15 is 0 Å². The molecule has 6 atom stereocenters. The number of nitrogens with zero attached hydrogens (tertiary/aromatic N) is 1. The molecule has 244 valence electrons. The number of fused-ring (bicyclic) bond motifs is 6. The summed E-state index contributed by atoms with van der Waals surface area (Å²) in [6.45, 7) is 1.68. The van der Waals surface area contributed by atoms with Crippen molar-refractivity contribution >= 4 is 22.8 Å². The predicted octanol–water partition coefficient (Wildman–Crippen LogP) is 4.33. The third-order valence-corrected chi connectivity index (χ3v) is 9.76. The number of carbonyl (C=O) groups excluding carboxylic acids is 2. The second-order valence-electron chi connectivity index (χ2n) is 11.7. The van der Waals surface area contributed by atoms with Gasteiger partial charge in [-0.1, -0.05) is 0 Å². The van der Waals surface area contributed by atoms with E-state index in [2.05, 4.69) is 16.0 Å². The van der Waals surface area contributed by atoms with Gasteiger partial charge in [0.25, 0.3) is 0 Å². The largest absolute Gasteiger partial charge is 0.497 e. The van der Waals surface area contributed by atoms with Gasteiger partial charge in [0.2, 0.25) is 5.75 Å². The SMILES string of the molecule is COC(=O)[C@H]1[C@H]2C[C@@H]3c4[nH]c5cc(OC)ccc5c4CCN3C[C@H]2C[C@@H](OC(=O)c2cc(OC)c(OC)c(OC)c2)[C@@H]1OC.N. The van der Waals surface area contributed by atoms with Crippen molar-refractivity contribution in [3.63, 3.8) is 0 Å². The number of benzene rings is 2. The number of carbonyl (C=O) groups is 2. The van der Waals surface area contributed by atoms with Crippen molar-refractivity contribution in [2.24, 2.45) is 17.8 Å². The van der Waals surface area contributed by atoms with Gasteiger partial charge >= 0.3 is 11.9 Å². The Kier molecular flexibility index (Phi) is 9.47. The Labute approximate surface area is 262 Å². The topological polar surface area (TPSA) is 153 Å². The third kappa shape index (κ3) is 5.55. The first-order valence-corrected chi connectivity index (χ1v) is 14.9. The number of piperidine rings is 1. The molecule has 1 saturated heterocycles. The molecule has 0 unspecified atom stereocenters. The quantitative estimate of drug-likeness (QED) is 0.344. The van der Waals surface area contributed by atoms with Gasteiger partial charge in [-0.15, -0.1) is 0 Å². The van der Waals surface area contributed by atoms with Crippen LogP contribution in [0.2, 0.25) is 0 Å². The maximum Gasteiger partial charge on any atom is 0.338 e.